The summed E-state index contributed by atoms with van der Waals surface area (Å²) in [6, 6.07) is 21.2. The number of amides is 1. The van der Waals surface area contributed by atoms with Gasteiger partial charge in [-0.25, -0.2) is 4.79 Å². The number of nitrogens with zero attached hydrogens (tertiary/aromatic N) is 1. The Balaban J connectivity index is 2.01. The molecule has 1 saturated heterocycles. The number of carbonyl (C=O) groups is 1. The van der Waals surface area contributed by atoms with Crippen LogP contribution in [-0.2, 0) is 4.43 Å². The predicted molar refractivity (Wildman–Crippen MR) is 111 cm³/mol. The van der Waals surface area contributed by atoms with E-state index in [0.717, 1.165) is 12.8 Å². The fourth-order valence-corrected chi connectivity index (χ4v) is 8.86. The molecule has 2 aromatic carbocycles. The van der Waals surface area contributed by atoms with Crippen LogP contribution in [0, 0.1) is 0 Å². The average Bonchev–Trinajstić information content (AvgIpc) is 2.67. The summed E-state index contributed by atoms with van der Waals surface area (Å²) < 4.78 is 7.06. The summed E-state index contributed by atoms with van der Waals surface area (Å²) in [5, 5.41) is 11.7. The Hall–Kier alpha value is -2.11. The van der Waals surface area contributed by atoms with Gasteiger partial charge in [0.2, 0.25) is 0 Å². The molecule has 0 radical (unpaired) electrons. The van der Waals surface area contributed by atoms with E-state index in [9.17, 15) is 9.90 Å². The van der Waals surface area contributed by atoms with Crippen molar-refractivity contribution in [3.63, 3.8) is 0 Å². The van der Waals surface area contributed by atoms with E-state index in [2.05, 4.69) is 69.3 Å². The number of carboxylic acid groups (broad SMARTS) is 1. The van der Waals surface area contributed by atoms with Crippen LogP contribution in [0.4, 0.5) is 4.79 Å². The molecule has 0 unspecified atom stereocenters. The standard InChI is InChI=1S/C22H29NO3Si/c1-22(2,3)27(19-10-6-4-7-11-19,20-12-8-5-9-13-20)26-18-14-16-23(17-15-18)21(24)25/h4-13,18H,14-17H2,1-3H3,(H,24,25). The van der Waals surface area contributed by atoms with Crippen LogP contribution in [0.5, 0.6) is 0 Å². The van der Waals surface area contributed by atoms with Gasteiger partial charge in [-0.1, -0.05) is 81.4 Å². The minimum absolute atomic E-state index is 0.0559. The first-order chi connectivity index (χ1) is 12.8. The van der Waals surface area contributed by atoms with E-state index in [4.69, 9.17) is 4.43 Å². The first-order valence-electron chi connectivity index (χ1n) is 9.61. The van der Waals surface area contributed by atoms with Crippen molar-refractivity contribution in [1.29, 1.82) is 0 Å². The lowest BCUT2D eigenvalue weighted by atomic mass is 10.1. The molecule has 0 saturated carbocycles. The molecule has 0 bridgehead atoms. The molecule has 2 aromatic rings. The third-order valence-electron chi connectivity index (χ3n) is 5.47. The second-order valence-electron chi connectivity index (χ2n) is 8.25. The monoisotopic (exact) mass is 383 g/mol. The average molecular weight is 384 g/mol. The lowest BCUT2D eigenvalue weighted by Crippen LogP contribution is -2.68. The van der Waals surface area contributed by atoms with Crippen LogP contribution in [0.15, 0.2) is 60.7 Å². The SMILES string of the molecule is CC(C)(C)[Si](OC1CCN(C(=O)O)CC1)(c1ccccc1)c1ccccc1. The van der Waals surface area contributed by atoms with Crippen molar-refractivity contribution in [2.75, 3.05) is 13.1 Å². The molecular formula is C22H29NO3Si. The summed E-state index contributed by atoms with van der Waals surface area (Å²) in [7, 11) is -2.55. The van der Waals surface area contributed by atoms with Gasteiger partial charge in [0, 0.05) is 19.2 Å². The first kappa shape index (κ1) is 19.6. The van der Waals surface area contributed by atoms with Gasteiger partial charge in [-0.2, -0.15) is 0 Å². The summed E-state index contributed by atoms with van der Waals surface area (Å²) in [6.45, 7) is 7.89. The largest absolute Gasteiger partial charge is 0.465 e. The molecule has 4 nitrogen and oxygen atoms in total. The third kappa shape index (κ3) is 3.94. The normalized spacial score (nSPS) is 16.3. The summed E-state index contributed by atoms with van der Waals surface area (Å²) in [4.78, 5) is 12.7. The maximum atomic E-state index is 11.2. The lowest BCUT2D eigenvalue weighted by Gasteiger charge is -2.46. The van der Waals surface area contributed by atoms with Gasteiger partial charge in [0.1, 0.15) is 0 Å². The molecule has 1 aliphatic rings. The molecule has 1 fully saturated rings. The van der Waals surface area contributed by atoms with Crippen LogP contribution >= 0.6 is 0 Å². The fourth-order valence-electron chi connectivity index (χ4n) is 4.11. The Labute approximate surface area is 162 Å². The zero-order valence-corrected chi connectivity index (χ0v) is 17.4. The summed E-state index contributed by atoms with van der Waals surface area (Å²) >= 11 is 0. The number of rotatable bonds is 4. The molecule has 1 amide bonds. The minimum atomic E-state index is -2.55. The molecule has 3 rings (SSSR count). The number of hydrogen-bond donors (Lipinski definition) is 1. The van der Waals surface area contributed by atoms with Crippen LogP contribution < -0.4 is 10.4 Å². The zero-order valence-electron chi connectivity index (χ0n) is 16.4. The van der Waals surface area contributed by atoms with E-state index in [1.54, 1.807) is 0 Å². The van der Waals surface area contributed by atoms with Crippen molar-refractivity contribution in [2.24, 2.45) is 0 Å². The molecule has 144 valence electrons. The molecule has 5 heteroatoms. The highest BCUT2D eigenvalue weighted by Crippen LogP contribution is 2.38. The van der Waals surface area contributed by atoms with Gasteiger partial charge >= 0.3 is 6.09 Å². The number of likely N-dealkylation sites (tertiary alicyclic amines) is 1. The summed E-state index contributed by atoms with van der Waals surface area (Å²) in [6.07, 6.45) is 0.735. The van der Waals surface area contributed by atoms with Crippen LogP contribution in [0.3, 0.4) is 0 Å². The smallest absolute Gasteiger partial charge is 0.407 e. The quantitative estimate of drug-likeness (QED) is 0.819. The Morgan fingerprint density at radius 2 is 1.41 bits per heavy atom. The Morgan fingerprint density at radius 3 is 1.78 bits per heavy atom. The molecule has 1 aliphatic heterocycles. The van der Waals surface area contributed by atoms with Gasteiger partial charge in [0.25, 0.3) is 8.32 Å². The van der Waals surface area contributed by atoms with E-state index in [0.29, 0.717) is 13.1 Å². The van der Waals surface area contributed by atoms with Crippen molar-refractivity contribution >= 4 is 24.8 Å². The second kappa shape index (κ2) is 7.86. The van der Waals surface area contributed by atoms with Gasteiger partial charge in [-0.15, -0.1) is 0 Å². The van der Waals surface area contributed by atoms with Crippen LogP contribution in [0.2, 0.25) is 5.04 Å². The van der Waals surface area contributed by atoms with Crippen molar-refractivity contribution in [2.45, 2.75) is 44.8 Å². The van der Waals surface area contributed by atoms with Gasteiger partial charge in [-0.3, -0.25) is 0 Å². The summed E-state index contributed by atoms with van der Waals surface area (Å²) in [5.74, 6) is 0. The van der Waals surface area contributed by atoms with Crippen LogP contribution in [-0.4, -0.2) is 43.6 Å². The third-order valence-corrected chi connectivity index (χ3v) is 10.6. The van der Waals surface area contributed by atoms with Gasteiger partial charge < -0.3 is 14.4 Å². The molecule has 27 heavy (non-hydrogen) atoms. The highest BCUT2D eigenvalue weighted by Gasteiger charge is 2.51. The van der Waals surface area contributed by atoms with Crippen molar-refractivity contribution in [1.82, 2.24) is 4.90 Å². The van der Waals surface area contributed by atoms with E-state index in [1.165, 1.54) is 15.3 Å². The zero-order chi connectivity index (χ0) is 19.5. The number of hydrogen-bond acceptors (Lipinski definition) is 2. The van der Waals surface area contributed by atoms with Gasteiger partial charge in [-0.05, 0) is 28.3 Å². The number of benzene rings is 2. The highest BCUT2D eigenvalue weighted by molar-refractivity contribution is 6.99. The maximum absolute atomic E-state index is 11.2. The fraction of sp³-hybridized carbons (Fsp3) is 0.409. The van der Waals surface area contributed by atoms with Crippen molar-refractivity contribution in [3.8, 4) is 0 Å². The molecule has 0 aromatic heterocycles. The van der Waals surface area contributed by atoms with E-state index in [-0.39, 0.29) is 11.1 Å². The predicted octanol–water partition coefficient (Wildman–Crippen LogP) is 3.71. The van der Waals surface area contributed by atoms with E-state index in [1.807, 2.05) is 12.1 Å². The lowest BCUT2D eigenvalue weighted by molar-refractivity contribution is 0.0844. The molecule has 0 aliphatic carbocycles. The van der Waals surface area contributed by atoms with E-state index >= 15 is 0 Å². The highest BCUT2D eigenvalue weighted by atomic mass is 28.4. The summed E-state index contributed by atoms with van der Waals surface area (Å²) in [5.41, 5.74) is 0. The van der Waals surface area contributed by atoms with Crippen molar-refractivity contribution < 1.29 is 14.3 Å². The Bertz CT molecular complexity index is 711. The Kier molecular flexibility index (Phi) is 5.72. The van der Waals surface area contributed by atoms with Crippen LogP contribution in [0.1, 0.15) is 33.6 Å². The molecule has 0 atom stereocenters. The van der Waals surface area contributed by atoms with Gasteiger partial charge in [0.15, 0.2) is 0 Å². The number of piperidine rings is 1. The molecule has 1 N–H and O–H groups in total. The van der Waals surface area contributed by atoms with Crippen LogP contribution in [0.25, 0.3) is 0 Å². The first-order valence-corrected chi connectivity index (χ1v) is 11.5. The van der Waals surface area contributed by atoms with E-state index < -0.39 is 14.4 Å². The molecule has 1 heterocycles. The minimum Gasteiger partial charge on any atom is -0.465 e. The Morgan fingerprint density at radius 1 is 0.963 bits per heavy atom. The molecule has 0 spiro atoms. The van der Waals surface area contributed by atoms with Gasteiger partial charge in [0.05, 0.1) is 0 Å². The topological polar surface area (TPSA) is 49.8 Å². The molecular weight excluding hydrogens is 354 g/mol. The van der Waals surface area contributed by atoms with Crippen molar-refractivity contribution in [3.05, 3.63) is 60.7 Å². The maximum Gasteiger partial charge on any atom is 0.407 e. The second-order valence-corrected chi connectivity index (χ2v) is 12.5.